The highest BCUT2D eigenvalue weighted by Gasteiger charge is 2.22. The van der Waals surface area contributed by atoms with E-state index in [9.17, 15) is 0 Å². The number of pyridine rings is 1. The average molecular weight is 356 g/mol. The van der Waals surface area contributed by atoms with Crippen LogP contribution in [0.5, 0.6) is 0 Å². The van der Waals surface area contributed by atoms with Gasteiger partial charge in [-0.3, -0.25) is 0 Å². The number of aryl methyl sites for hydroxylation is 2. The fourth-order valence-corrected chi connectivity index (χ4v) is 4.22. The zero-order chi connectivity index (χ0) is 16.7. The molecule has 0 N–H and O–H groups in total. The summed E-state index contributed by atoms with van der Waals surface area (Å²) in [4.78, 5) is 7.26. The number of hydrogen-bond acceptors (Lipinski definition) is 2. The molecule has 1 aliphatic heterocycles. The predicted octanol–water partition coefficient (Wildman–Crippen LogP) is 4.91. The quantitative estimate of drug-likeness (QED) is 0.665. The number of halogens is 1. The maximum absolute atomic E-state index is 4.81. The highest BCUT2D eigenvalue weighted by molar-refractivity contribution is 5.93. The van der Waals surface area contributed by atoms with Gasteiger partial charge in [-0.25, -0.2) is 4.98 Å². The molecule has 2 aromatic heterocycles. The summed E-state index contributed by atoms with van der Waals surface area (Å²) in [5.41, 5.74) is 7.09. The second-order valence-electron chi connectivity index (χ2n) is 6.64. The van der Waals surface area contributed by atoms with E-state index in [-0.39, 0.29) is 12.4 Å². The molecule has 0 bridgehead atoms. The van der Waals surface area contributed by atoms with Gasteiger partial charge in [-0.15, -0.1) is 12.4 Å². The molecule has 0 saturated heterocycles. The molecule has 3 aromatic rings. The zero-order valence-corrected chi connectivity index (χ0v) is 16.1. The Morgan fingerprint density at radius 3 is 2.56 bits per heavy atom. The number of anilines is 1. The Kier molecular flexibility index (Phi) is 5.05. The Hall–Kier alpha value is -2.00. The van der Waals surface area contributed by atoms with Crippen LogP contribution in [0.25, 0.3) is 10.9 Å². The number of aromatic nitrogens is 2. The van der Waals surface area contributed by atoms with Crippen LogP contribution in [-0.2, 0) is 25.9 Å². The summed E-state index contributed by atoms with van der Waals surface area (Å²) in [7, 11) is 0. The van der Waals surface area contributed by atoms with Gasteiger partial charge in [0, 0.05) is 36.9 Å². The minimum Gasteiger partial charge on any atom is -0.350 e. The Morgan fingerprint density at radius 2 is 1.84 bits per heavy atom. The fraction of sp³-hybridized carbons (Fsp3) is 0.381. The Balaban J connectivity index is 0.00000182. The Morgan fingerprint density at radius 1 is 1.08 bits per heavy atom. The van der Waals surface area contributed by atoms with Crippen molar-refractivity contribution in [2.45, 2.75) is 46.7 Å². The van der Waals surface area contributed by atoms with Gasteiger partial charge in [0.15, 0.2) is 5.82 Å². The summed E-state index contributed by atoms with van der Waals surface area (Å²) >= 11 is 0. The highest BCUT2D eigenvalue weighted by Crippen LogP contribution is 2.34. The van der Waals surface area contributed by atoms with Crippen molar-refractivity contribution in [3.8, 4) is 0 Å². The van der Waals surface area contributed by atoms with Crippen LogP contribution in [0.15, 0.2) is 36.5 Å². The normalized spacial score (nSPS) is 13.6. The van der Waals surface area contributed by atoms with Gasteiger partial charge in [0.05, 0.1) is 5.52 Å². The molecule has 0 unspecified atom stereocenters. The van der Waals surface area contributed by atoms with E-state index in [0.717, 1.165) is 38.3 Å². The summed E-state index contributed by atoms with van der Waals surface area (Å²) in [5, 5.41) is 1.36. The van der Waals surface area contributed by atoms with Crippen LogP contribution in [-0.4, -0.2) is 16.1 Å². The molecule has 3 nitrogen and oxygen atoms in total. The molecule has 1 aliphatic rings. The van der Waals surface area contributed by atoms with Gasteiger partial charge in [0.1, 0.15) is 0 Å². The molecule has 0 saturated carbocycles. The van der Waals surface area contributed by atoms with Crippen molar-refractivity contribution in [1.82, 2.24) is 9.55 Å². The maximum Gasteiger partial charge on any atom is 0.153 e. The van der Waals surface area contributed by atoms with Crippen molar-refractivity contribution >= 4 is 29.1 Å². The summed E-state index contributed by atoms with van der Waals surface area (Å²) in [6, 6.07) is 11.0. The number of fused-ring (bicyclic) bond motifs is 2. The first-order valence-electron chi connectivity index (χ1n) is 9.03. The van der Waals surface area contributed by atoms with Crippen molar-refractivity contribution in [1.29, 1.82) is 0 Å². The SMILES string of the molecule is CCc1c(C)c2ccnc(N3CCc4ccccc4C3)c2n1CC.Cl. The molecule has 0 atom stereocenters. The molecular weight excluding hydrogens is 330 g/mol. The summed E-state index contributed by atoms with van der Waals surface area (Å²) < 4.78 is 2.47. The van der Waals surface area contributed by atoms with Gasteiger partial charge in [-0.05, 0) is 49.4 Å². The largest absolute Gasteiger partial charge is 0.350 e. The zero-order valence-electron chi connectivity index (χ0n) is 15.2. The number of nitrogens with zero attached hydrogens (tertiary/aromatic N) is 3. The molecule has 0 spiro atoms. The van der Waals surface area contributed by atoms with Crippen LogP contribution in [0.2, 0.25) is 0 Å². The lowest BCUT2D eigenvalue weighted by Crippen LogP contribution is -2.31. The first kappa shape index (κ1) is 17.8. The predicted molar refractivity (Wildman–Crippen MR) is 108 cm³/mol. The fourth-order valence-electron chi connectivity index (χ4n) is 4.22. The van der Waals surface area contributed by atoms with Crippen LogP contribution >= 0.6 is 12.4 Å². The van der Waals surface area contributed by atoms with Crippen molar-refractivity contribution in [2.75, 3.05) is 11.4 Å². The smallest absolute Gasteiger partial charge is 0.153 e. The second kappa shape index (κ2) is 7.09. The lowest BCUT2D eigenvalue weighted by Gasteiger charge is -2.30. The van der Waals surface area contributed by atoms with E-state index < -0.39 is 0 Å². The monoisotopic (exact) mass is 355 g/mol. The van der Waals surface area contributed by atoms with Crippen LogP contribution in [0.3, 0.4) is 0 Å². The third-order valence-corrected chi connectivity index (χ3v) is 5.42. The van der Waals surface area contributed by atoms with Gasteiger partial charge >= 0.3 is 0 Å². The van der Waals surface area contributed by atoms with E-state index in [4.69, 9.17) is 4.98 Å². The molecule has 3 heterocycles. The second-order valence-corrected chi connectivity index (χ2v) is 6.64. The molecule has 0 fully saturated rings. The van der Waals surface area contributed by atoms with Gasteiger partial charge in [-0.1, -0.05) is 31.2 Å². The van der Waals surface area contributed by atoms with Gasteiger partial charge in [0.25, 0.3) is 0 Å². The third-order valence-electron chi connectivity index (χ3n) is 5.42. The molecule has 0 amide bonds. The molecule has 1 aromatic carbocycles. The van der Waals surface area contributed by atoms with E-state index in [1.807, 2.05) is 6.20 Å². The van der Waals surface area contributed by atoms with Gasteiger partial charge in [0.2, 0.25) is 0 Å². The van der Waals surface area contributed by atoms with Crippen molar-refractivity contribution in [3.63, 3.8) is 0 Å². The van der Waals surface area contributed by atoms with E-state index in [0.29, 0.717) is 0 Å². The highest BCUT2D eigenvalue weighted by atomic mass is 35.5. The molecule has 4 heteroatoms. The van der Waals surface area contributed by atoms with E-state index >= 15 is 0 Å². The van der Waals surface area contributed by atoms with Crippen LogP contribution < -0.4 is 4.90 Å². The van der Waals surface area contributed by atoms with Crippen LogP contribution in [0.4, 0.5) is 5.82 Å². The lowest BCUT2D eigenvalue weighted by atomic mass is 10.00. The summed E-state index contributed by atoms with van der Waals surface area (Å²) in [6.45, 7) is 9.73. The topological polar surface area (TPSA) is 21.1 Å². The molecule has 25 heavy (non-hydrogen) atoms. The number of rotatable bonds is 3. The number of benzene rings is 1. The van der Waals surface area contributed by atoms with Crippen molar-refractivity contribution in [2.24, 2.45) is 0 Å². The lowest BCUT2D eigenvalue weighted by molar-refractivity contribution is 0.708. The van der Waals surface area contributed by atoms with E-state index in [2.05, 4.69) is 60.6 Å². The third kappa shape index (κ3) is 2.81. The average Bonchev–Trinajstić information content (AvgIpc) is 2.92. The summed E-state index contributed by atoms with van der Waals surface area (Å²) in [6.07, 6.45) is 4.14. The first-order chi connectivity index (χ1) is 11.7. The van der Waals surface area contributed by atoms with Crippen LogP contribution in [0, 0.1) is 6.92 Å². The minimum atomic E-state index is 0. The molecule has 4 rings (SSSR count). The van der Waals surface area contributed by atoms with Gasteiger partial charge in [-0.2, -0.15) is 0 Å². The first-order valence-corrected chi connectivity index (χ1v) is 9.03. The minimum absolute atomic E-state index is 0. The van der Waals surface area contributed by atoms with Crippen LogP contribution in [0.1, 0.15) is 36.2 Å². The van der Waals surface area contributed by atoms with Gasteiger partial charge < -0.3 is 9.47 Å². The van der Waals surface area contributed by atoms with E-state index in [1.165, 1.54) is 33.3 Å². The van der Waals surface area contributed by atoms with Crippen molar-refractivity contribution in [3.05, 3.63) is 58.9 Å². The Labute approximate surface area is 156 Å². The molecule has 132 valence electrons. The molecular formula is C21H26ClN3. The number of hydrogen-bond donors (Lipinski definition) is 0. The molecule has 0 radical (unpaired) electrons. The standard InChI is InChI=1S/C21H25N3.ClH/c1-4-19-15(3)18-10-12-22-21(20(18)24(19)5-2)23-13-11-16-8-6-7-9-17(16)14-23;/h6-10,12H,4-5,11,13-14H2,1-3H3;1H. The molecule has 0 aliphatic carbocycles. The maximum atomic E-state index is 4.81. The Bertz CT molecular complexity index is 898. The summed E-state index contributed by atoms with van der Waals surface area (Å²) in [5.74, 6) is 1.15. The van der Waals surface area contributed by atoms with Crippen molar-refractivity contribution < 1.29 is 0 Å². The van der Waals surface area contributed by atoms with E-state index in [1.54, 1.807) is 0 Å².